The highest BCUT2D eigenvalue weighted by Crippen LogP contribution is 2.38. The Kier molecular flexibility index (Phi) is 6.58. The molecule has 5 nitrogen and oxygen atoms in total. The molecule has 0 aliphatic rings. The number of thiazole rings is 1. The summed E-state index contributed by atoms with van der Waals surface area (Å²) in [4.78, 5) is 18.0. The minimum absolute atomic E-state index is 0.0310. The number of rotatable bonds is 8. The van der Waals surface area contributed by atoms with Crippen LogP contribution in [0.15, 0.2) is 41.3 Å². The molecular formula is C20H22N2O3S2. The summed E-state index contributed by atoms with van der Waals surface area (Å²) >= 11 is 3.16. The Hall–Kier alpha value is -2.25. The van der Waals surface area contributed by atoms with Gasteiger partial charge in [0.15, 0.2) is 5.13 Å². The van der Waals surface area contributed by atoms with Gasteiger partial charge in [0.1, 0.15) is 21.7 Å². The van der Waals surface area contributed by atoms with Crippen LogP contribution in [0.2, 0.25) is 0 Å². The van der Waals surface area contributed by atoms with Gasteiger partial charge >= 0.3 is 0 Å². The van der Waals surface area contributed by atoms with Gasteiger partial charge in [0.05, 0.1) is 14.2 Å². The van der Waals surface area contributed by atoms with Crippen molar-refractivity contribution in [3.05, 3.63) is 42.0 Å². The van der Waals surface area contributed by atoms with Crippen LogP contribution in [-0.2, 0) is 4.79 Å². The molecule has 142 valence electrons. The molecule has 0 bridgehead atoms. The summed E-state index contributed by atoms with van der Waals surface area (Å²) in [7, 11) is 3.22. The first-order valence-corrected chi connectivity index (χ1v) is 10.4. The summed E-state index contributed by atoms with van der Waals surface area (Å²) in [5.74, 6) is 2.25. The van der Waals surface area contributed by atoms with E-state index in [1.165, 1.54) is 21.8 Å². The molecule has 7 heteroatoms. The number of nitrogens with one attached hydrogen (secondary N) is 1. The predicted octanol–water partition coefficient (Wildman–Crippen LogP) is 5.13. The van der Waals surface area contributed by atoms with E-state index in [1.54, 1.807) is 26.0 Å². The third-order valence-corrected chi connectivity index (χ3v) is 6.08. The first-order valence-electron chi connectivity index (χ1n) is 8.61. The van der Waals surface area contributed by atoms with Gasteiger partial charge in [0, 0.05) is 11.3 Å². The van der Waals surface area contributed by atoms with Crippen molar-refractivity contribution in [1.82, 2.24) is 4.98 Å². The molecule has 3 aromatic rings. The number of fused-ring (bicyclic) bond motifs is 1. The number of methoxy groups -OCH3 is 2. The Morgan fingerprint density at radius 2 is 1.81 bits per heavy atom. The lowest BCUT2D eigenvalue weighted by molar-refractivity contribution is -0.116. The molecule has 0 aliphatic heterocycles. The van der Waals surface area contributed by atoms with Crippen LogP contribution >= 0.6 is 23.1 Å². The minimum Gasteiger partial charge on any atom is -0.495 e. The fraction of sp³-hybridized carbons (Fsp3) is 0.300. The Bertz CT molecular complexity index is 882. The smallest absolute Gasteiger partial charge is 0.226 e. The maximum Gasteiger partial charge on any atom is 0.226 e. The first kappa shape index (κ1) is 19.5. The summed E-state index contributed by atoms with van der Waals surface area (Å²) < 4.78 is 11.6. The number of carbonyl (C=O) groups is 1. The Balaban J connectivity index is 1.55. The third-order valence-electron chi connectivity index (χ3n) is 3.99. The van der Waals surface area contributed by atoms with E-state index in [1.807, 2.05) is 12.1 Å². The Morgan fingerprint density at radius 1 is 1.11 bits per heavy atom. The normalized spacial score (nSPS) is 10.8. The number of hydrogen-bond donors (Lipinski definition) is 1. The van der Waals surface area contributed by atoms with Crippen LogP contribution in [0, 0.1) is 6.92 Å². The second-order valence-electron chi connectivity index (χ2n) is 5.98. The van der Waals surface area contributed by atoms with Crippen LogP contribution in [-0.4, -0.2) is 30.9 Å². The zero-order valence-corrected chi connectivity index (χ0v) is 17.2. The Morgan fingerprint density at radius 3 is 2.52 bits per heavy atom. The van der Waals surface area contributed by atoms with Crippen molar-refractivity contribution < 1.29 is 14.3 Å². The average molecular weight is 403 g/mol. The highest BCUT2D eigenvalue weighted by molar-refractivity contribution is 7.99. The van der Waals surface area contributed by atoms with E-state index in [4.69, 9.17) is 9.47 Å². The third kappa shape index (κ3) is 4.93. The summed E-state index contributed by atoms with van der Waals surface area (Å²) in [5, 5.41) is 3.45. The fourth-order valence-electron chi connectivity index (χ4n) is 2.58. The summed E-state index contributed by atoms with van der Waals surface area (Å²) in [6.45, 7) is 2.08. The predicted molar refractivity (Wildman–Crippen MR) is 112 cm³/mol. The lowest BCUT2D eigenvalue weighted by Crippen LogP contribution is -2.11. The maximum atomic E-state index is 12.2. The van der Waals surface area contributed by atoms with E-state index in [2.05, 4.69) is 41.5 Å². The summed E-state index contributed by atoms with van der Waals surface area (Å²) in [5.41, 5.74) is 1.95. The number of nitrogens with zero attached hydrogens (tertiary/aromatic N) is 1. The standard InChI is InChI=1S/C20H22N2O3S2/c1-13-6-8-14(9-7-13)26-12-4-5-17(23)21-20-22-18-15(24-2)10-11-16(25-3)19(18)27-20/h6-11H,4-5,12H2,1-3H3,(H,21,22,23). The van der Waals surface area contributed by atoms with Gasteiger partial charge in [-0.25, -0.2) is 4.98 Å². The highest BCUT2D eigenvalue weighted by atomic mass is 32.2. The van der Waals surface area contributed by atoms with Crippen LogP contribution in [0.5, 0.6) is 11.5 Å². The van der Waals surface area contributed by atoms with E-state index in [0.717, 1.165) is 22.6 Å². The number of thioether (sulfide) groups is 1. The molecular weight excluding hydrogens is 380 g/mol. The molecule has 27 heavy (non-hydrogen) atoms. The molecule has 0 aliphatic carbocycles. The van der Waals surface area contributed by atoms with Gasteiger partial charge in [-0.05, 0) is 43.4 Å². The number of benzene rings is 2. The monoisotopic (exact) mass is 402 g/mol. The van der Waals surface area contributed by atoms with Gasteiger partial charge < -0.3 is 14.8 Å². The molecule has 0 saturated carbocycles. The topological polar surface area (TPSA) is 60.5 Å². The minimum atomic E-state index is -0.0310. The molecule has 3 rings (SSSR count). The van der Waals surface area contributed by atoms with Crippen molar-refractivity contribution >= 4 is 44.4 Å². The van der Waals surface area contributed by atoms with Crippen molar-refractivity contribution in [2.75, 3.05) is 25.3 Å². The van der Waals surface area contributed by atoms with Crippen molar-refractivity contribution in [3.63, 3.8) is 0 Å². The van der Waals surface area contributed by atoms with Crippen LogP contribution in [0.1, 0.15) is 18.4 Å². The van der Waals surface area contributed by atoms with Crippen LogP contribution < -0.4 is 14.8 Å². The Labute approximate surface area is 167 Å². The number of aryl methyl sites for hydroxylation is 1. The zero-order valence-electron chi connectivity index (χ0n) is 15.6. The van der Waals surface area contributed by atoms with Crippen molar-refractivity contribution in [3.8, 4) is 11.5 Å². The number of ether oxygens (including phenoxy) is 2. The first-order chi connectivity index (χ1) is 13.1. The molecule has 0 atom stereocenters. The quantitative estimate of drug-likeness (QED) is 0.418. The molecule has 1 heterocycles. The lowest BCUT2D eigenvalue weighted by Gasteiger charge is -2.03. The molecule has 0 spiro atoms. The van der Waals surface area contributed by atoms with Crippen molar-refractivity contribution in [2.24, 2.45) is 0 Å². The van der Waals surface area contributed by atoms with Gasteiger partial charge in [-0.3, -0.25) is 4.79 Å². The summed E-state index contributed by atoms with van der Waals surface area (Å²) in [6.07, 6.45) is 1.27. The van der Waals surface area contributed by atoms with Crippen LogP contribution in [0.4, 0.5) is 5.13 Å². The fourth-order valence-corrected chi connectivity index (χ4v) is 4.42. The number of carbonyl (C=O) groups excluding carboxylic acids is 1. The molecule has 1 N–H and O–H groups in total. The van der Waals surface area contributed by atoms with E-state index in [-0.39, 0.29) is 5.91 Å². The second-order valence-corrected chi connectivity index (χ2v) is 8.15. The van der Waals surface area contributed by atoms with E-state index in [9.17, 15) is 4.79 Å². The second kappa shape index (κ2) is 9.10. The van der Waals surface area contributed by atoms with Gasteiger partial charge in [-0.2, -0.15) is 0 Å². The van der Waals surface area contributed by atoms with E-state index < -0.39 is 0 Å². The average Bonchev–Trinajstić information content (AvgIpc) is 3.09. The highest BCUT2D eigenvalue weighted by Gasteiger charge is 2.15. The van der Waals surface area contributed by atoms with Crippen molar-refractivity contribution in [2.45, 2.75) is 24.7 Å². The zero-order chi connectivity index (χ0) is 19.2. The van der Waals surface area contributed by atoms with Crippen LogP contribution in [0.25, 0.3) is 10.2 Å². The number of amides is 1. The van der Waals surface area contributed by atoms with Gasteiger partial charge in [0.25, 0.3) is 0 Å². The molecule has 1 amide bonds. The van der Waals surface area contributed by atoms with Crippen LogP contribution in [0.3, 0.4) is 0 Å². The van der Waals surface area contributed by atoms with Crippen molar-refractivity contribution in [1.29, 1.82) is 0 Å². The maximum absolute atomic E-state index is 12.2. The molecule has 0 unspecified atom stereocenters. The van der Waals surface area contributed by atoms with E-state index >= 15 is 0 Å². The van der Waals surface area contributed by atoms with Gasteiger partial charge in [-0.1, -0.05) is 29.0 Å². The van der Waals surface area contributed by atoms with Gasteiger partial charge in [0.2, 0.25) is 5.91 Å². The molecule has 2 aromatic carbocycles. The molecule has 0 radical (unpaired) electrons. The molecule has 0 saturated heterocycles. The number of hydrogen-bond acceptors (Lipinski definition) is 6. The lowest BCUT2D eigenvalue weighted by atomic mass is 10.2. The largest absolute Gasteiger partial charge is 0.495 e. The van der Waals surface area contributed by atoms with E-state index in [0.29, 0.717) is 22.8 Å². The van der Waals surface area contributed by atoms with Gasteiger partial charge in [-0.15, -0.1) is 11.8 Å². The number of aromatic nitrogens is 1. The molecule has 1 aromatic heterocycles. The number of anilines is 1. The summed E-state index contributed by atoms with van der Waals surface area (Å²) in [6, 6.07) is 12.1. The SMILES string of the molecule is COc1ccc(OC)c2sc(NC(=O)CCCSc3ccc(C)cc3)nc12. The molecule has 0 fully saturated rings.